The number of hydrogen-bond acceptors (Lipinski definition) is 4. The number of rotatable bonds is 5. The van der Waals surface area contributed by atoms with Gasteiger partial charge >= 0.3 is 0 Å². The number of anilines is 1. The predicted molar refractivity (Wildman–Crippen MR) is 97.3 cm³/mol. The number of amides is 1. The van der Waals surface area contributed by atoms with Gasteiger partial charge in [0, 0.05) is 24.1 Å². The number of carbonyl (C=O) groups is 1. The number of benzene rings is 2. The first-order valence-corrected chi connectivity index (χ1v) is 8.29. The van der Waals surface area contributed by atoms with Crippen LogP contribution in [0.3, 0.4) is 0 Å². The minimum atomic E-state index is -0.0654. The zero-order chi connectivity index (χ0) is 17.8. The first-order chi connectivity index (χ1) is 12.0. The number of nitrogens with zero attached hydrogens (tertiary/aromatic N) is 2. The standard InChI is InChI=1S/C20H21N3O2/c1-13-8-6-10-17(15(13)3)21-18(24)11-12-19-22-20(23-25-19)16-9-5-4-7-14(16)2/h4-10H,11-12H2,1-3H3,(H,21,24). The lowest BCUT2D eigenvalue weighted by molar-refractivity contribution is -0.116. The average molecular weight is 335 g/mol. The summed E-state index contributed by atoms with van der Waals surface area (Å²) in [7, 11) is 0. The fourth-order valence-corrected chi connectivity index (χ4v) is 2.61. The van der Waals surface area contributed by atoms with E-state index in [-0.39, 0.29) is 5.91 Å². The second kappa shape index (κ2) is 7.30. The first-order valence-electron chi connectivity index (χ1n) is 8.29. The molecule has 0 saturated heterocycles. The van der Waals surface area contributed by atoms with Crippen molar-refractivity contribution in [3.8, 4) is 11.4 Å². The molecule has 0 aliphatic heterocycles. The van der Waals surface area contributed by atoms with E-state index in [2.05, 4.69) is 15.5 Å². The molecule has 2 aromatic carbocycles. The first kappa shape index (κ1) is 16.9. The Morgan fingerprint density at radius 3 is 2.60 bits per heavy atom. The minimum absolute atomic E-state index is 0.0654. The van der Waals surface area contributed by atoms with Gasteiger partial charge in [-0.15, -0.1) is 0 Å². The second-order valence-corrected chi connectivity index (χ2v) is 6.12. The van der Waals surface area contributed by atoms with Gasteiger partial charge in [-0.25, -0.2) is 0 Å². The van der Waals surface area contributed by atoms with Crippen LogP contribution in [0.15, 0.2) is 47.0 Å². The van der Waals surface area contributed by atoms with Crippen LogP contribution in [0.2, 0.25) is 0 Å². The van der Waals surface area contributed by atoms with Crippen molar-refractivity contribution in [3.05, 3.63) is 65.0 Å². The van der Waals surface area contributed by atoms with E-state index in [4.69, 9.17) is 4.52 Å². The van der Waals surface area contributed by atoms with Gasteiger partial charge in [-0.3, -0.25) is 4.79 Å². The van der Waals surface area contributed by atoms with Crippen LogP contribution in [0, 0.1) is 20.8 Å². The Morgan fingerprint density at radius 2 is 1.80 bits per heavy atom. The molecule has 128 valence electrons. The molecule has 3 aromatic rings. The molecule has 1 amide bonds. The minimum Gasteiger partial charge on any atom is -0.339 e. The fraction of sp³-hybridized carbons (Fsp3) is 0.250. The van der Waals surface area contributed by atoms with Crippen molar-refractivity contribution in [1.29, 1.82) is 0 Å². The van der Waals surface area contributed by atoms with Gasteiger partial charge in [-0.1, -0.05) is 41.6 Å². The highest BCUT2D eigenvalue weighted by Gasteiger charge is 2.12. The fourth-order valence-electron chi connectivity index (χ4n) is 2.61. The van der Waals surface area contributed by atoms with Crippen LogP contribution < -0.4 is 5.32 Å². The molecule has 0 saturated carbocycles. The highest BCUT2D eigenvalue weighted by atomic mass is 16.5. The van der Waals surface area contributed by atoms with E-state index < -0.39 is 0 Å². The monoisotopic (exact) mass is 335 g/mol. The smallest absolute Gasteiger partial charge is 0.227 e. The van der Waals surface area contributed by atoms with E-state index in [0.29, 0.717) is 24.6 Å². The van der Waals surface area contributed by atoms with E-state index in [1.54, 1.807) is 0 Å². The van der Waals surface area contributed by atoms with E-state index in [1.807, 2.05) is 63.2 Å². The van der Waals surface area contributed by atoms with Crippen molar-refractivity contribution in [2.45, 2.75) is 33.6 Å². The van der Waals surface area contributed by atoms with Gasteiger partial charge in [0.2, 0.25) is 17.6 Å². The number of nitrogens with one attached hydrogen (secondary N) is 1. The van der Waals surface area contributed by atoms with Gasteiger partial charge in [0.15, 0.2) is 0 Å². The van der Waals surface area contributed by atoms with Crippen molar-refractivity contribution in [2.75, 3.05) is 5.32 Å². The molecule has 0 atom stereocenters. The average Bonchev–Trinajstić information content (AvgIpc) is 3.06. The van der Waals surface area contributed by atoms with Gasteiger partial charge in [0.25, 0.3) is 0 Å². The molecular weight excluding hydrogens is 314 g/mol. The van der Waals surface area contributed by atoms with Crippen LogP contribution in [-0.4, -0.2) is 16.0 Å². The number of carbonyl (C=O) groups excluding carboxylic acids is 1. The van der Waals surface area contributed by atoms with Gasteiger partial charge < -0.3 is 9.84 Å². The third-order valence-corrected chi connectivity index (χ3v) is 4.30. The normalized spacial score (nSPS) is 10.7. The second-order valence-electron chi connectivity index (χ2n) is 6.12. The maximum atomic E-state index is 12.2. The Balaban J connectivity index is 1.62. The highest BCUT2D eigenvalue weighted by Crippen LogP contribution is 2.21. The largest absolute Gasteiger partial charge is 0.339 e. The zero-order valence-corrected chi connectivity index (χ0v) is 14.7. The molecule has 0 aliphatic carbocycles. The van der Waals surface area contributed by atoms with Crippen LogP contribution in [0.4, 0.5) is 5.69 Å². The zero-order valence-electron chi connectivity index (χ0n) is 14.7. The van der Waals surface area contributed by atoms with E-state index in [0.717, 1.165) is 27.9 Å². The maximum Gasteiger partial charge on any atom is 0.227 e. The maximum absolute atomic E-state index is 12.2. The Morgan fingerprint density at radius 1 is 1.04 bits per heavy atom. The van der Waals surface area contributed by atoms with E-state index >= 15 is 0 Å². The van der Waals surface area contributed by atoms with Gasteiger partial charge in [0.1, 0.15) is 0 Å². The highest BCUT2D eigenvalue weighted by molar-refractivity contribution is 5.91. The van der Waals surface area contributed by atoms with Gasteiger partial charge in [0.05, 0.1) is 0 Å². The Bertz CT molecular complexity index is 899. The Kier molecular flexibility index (Phi) is 4.93. The van der Waals surface area contributed by atoms with E-state index in [1.165, 1.54) is 0 Å². The molecule has 0 spiro atoms. The summed E-state index contributed by atoms with van der Waals surface area (Å²) < 4.78 is 5.28. The molecule has 0 radical (unpaired) electrons. The molecule has 5 nitrogen and oxygen atoms in total. The van der Waals surface area contributed by atoms with Gasteiger partial charge in [-0.2, -0.15) is 4.98 Å². The van der Waals surface area contributed by atoms with Crippen molar-refractivity contribution >= 4 is 11.6 Å². The summed E-state index contributed by atoms with van der Waals surface area (Å²) >= 11 is 0. The third kappa shape index (κ3) is 3.94. The number of aryl methyl sites for hydroxylation is 3. The quantitative estimate of drug-likeness (QED) is 0.757. The molecule has 1 N–H and O–H groups in total. The van der Waals surface area contributed by atoms with Crippen molar-refractivity contribution in [1.82, 2.24) is 10.1 Å². The molecule has 25 heavy (non-hydrogen) atoms. The van der Waals surface area contributed by atoms with Crippen LogP contribution in [0.5, 0.6) is 0 Å². The number of aromatic nitrogens is 2. The molecule has 0 unspecified atom stereocenters. The number of hydrogen-bond donors (Lipinski definition) is 1. The molecule has 1 aromatic heterocycles. The van der Waals surface area contributed by atoms with Crippen molar-refractivity contribution in [3.63, 3.8) is 0 Å². The summed E-state index contributed by atoms with van der Waals surface area (Å²) in [5, 5.41) is 6.96. The topological polar surface area (TPSA) is 68.0 Å². The summed E-state index contributed by atoms with van der Waals surface area (Å²) in [4.78, 5) is 16.6. The molecule has 0 bridgehead atoms. The SMILES string of the molecule is Cc1ccccc1-c1noc(CCC(=O)Nc2cccc(C)c2C)n1. The van der Waals surface area contributed by atoms with Crippen molar-refractivity contribution < 1.29 is 9.32 Å². The molecule has 3 rings (SSSR count). The molecule has 1 heterocycles. The molecule has 0 aliphatic rings. The molecular formula is C20H21N3O2. The van der Waals surface area contributed by atoms with E-state index in [9.17, 15) is 4.79 Å². The summed E-state index contributed by atoms with van der Waals surface area (Å²) in [5.74, 6) is 0.960. The Labute approximate surface area is 147 Å². The summed E-state index contributed by atoms with van der Waals surface area (Å²) in [6, 6.07) is 13.7. The van der Waals surface area contributed by atoms with Crippen LogP contribution in [-0.2, 0) is 11.2 Å². The van der Waals surface area contributed by atoms with Crippen LogP contribution in [0.25, 0.3) is 11.4 Å². The molecule has 0 fully saturated rings. The lowest BCUT2D eigenvalue weighted by Crippen LogP contribution is -2.13. The lowest BCUT2D eigenvalue weighted by Gasteiger charge is -2.09. The summed E-state index contributed by atoms with van der Waals surface area (Å²) in [6.07, 6.45) is 0.707. The lowest BCUT2D eigenvalue weighted by atomic mass is 10.1. The van der Waals surface area contributed by atoms with Crippen LogP contribution >= 0.6 is 0 Å². The summed E-state index contributed by atoms with van der Waals surface area (Å²) in [5.41, 5.74) is 5.10. The Hall–Kier alpha value is -2.95. The predicted octanol–water partition coefficient (Wildman–Crippen LogP) is 4.23. The van der Waals surface area contributed by atoms with Crippen LogP contribution in [0.1, 0.15) is 29.0 Å². The van der Waals surface area contributed by atoms with Gasteiger partial charge in [-0.05, 0) is 43.5 Å². The van der Waals surface area contributed by atoms with Crippen molar-refractivity contribution in [2.24, 2.45) is 0 Å². The summed E-state index contributed by atoms with van der Waals surface area (Å²) in [6.45, 7) is 6.02. The third-order valence-electron chi connectivity index (χ3n) is 4.30. The molecule has 5 heteroatoms.